The zero-order valence-corrected chi connectivity index (χ0v) is 20.4. The molecule has 0 radical (unpaired) electrons. The Bertz CT molecular complexity index is 1490. The Morgan fingerprint density at radius 3 is 2.57 bits per heavy atom. The monoisotopic (exact) mass is 495 g/mol. The van der Waals surface area contributed by atoms with E-state index < -0.39 is 17.2 Å². The van der Waals surface area contributed by atoms with Crippen molar-refractivity contribution in [1.82, 2.24) is 9.13 Å². The number of methoxy groups -OCH3 is 2. The average Bonchev–Trinajstić information content (AvgIpc) is 3.35. The van der Waals surface area contributed by atoms with Gasteiger partial charge < -0.3 is 19.5 Å². The maximum absolute atomic E-state index is 13.4. The zero-order chi connectivity index (χ0) is 24.9. The number of benzene rings is 2. The van der Waals surface area contributed by atoms with Crippen molar-refractivity contribution in [3.63, 3.8) is 0 Å². The summed E-state index contributed by atoms with van der Waals surface area (Å²) in [4.78, 5) is 39.5. The maximum atomic E-state index is 13.4. The second kappa shape index (κ2) is 10.5. The molecular weight excluding hydrogens is 470 g/mol. The van der Waals surface area contributed by atoms with Crippen LogP contribution in [0.1, 0.15) is 12.5 Å². The van der Waals surface area contributed by atoms with E-state index in [9.17, 15) is 14.4 Å². The standard InChI is InChI=1S/C25H25N3O6S/c1-4-34-18-7-5-6-16(12-18)14-28-24(30)23-20(10-11-35-23)27(25(28)31)15-22(29)26-19-13-17(32-2)8-9-21(19)33-3/h5-13H,4,14-15H2,1-3H3,(H,26,29). The molecule has 2 aromatic carbocycles. The van der Waals surface area contributed by atoms with E-state index in [1.54, 1.807) is 35.7 Å². The fourth-order valence-electron chi connectivity index (χ4n) is 3.75. The number of hydrogen-bond donors (Lipinski definition) is 1. The summed E-state index contributed by atoms with van der Waals surface area (Å²) < 4.78 is 18.9. The van der Waals surface area contributed by atoms with E-state index in [-0.39, 0.29) is 13.1 Å². The molecule has 2 aromatic heterocycles. The van der Waals surface area contributed by atoms with Crippen molar-refractivity contribution in [3.8, 4) is 17.2 Å². The molecule has 1 amide bonds. The number of carbonyl (C=O) groups is 1. The summed E-state index contributed by atoms with van der Waals surface area (Å²) in [7, 11) is 3.01. The third-order valence-electron chi connectivity index (χ3n) is 5.37. The largest absolute Gasteiger partial charge is 0.497 e. The van der Waals surface area contributed by atoms with Crippen molar-refractivity contribution in [1.29, 1.82) is 0 Å². The molecule has 10 heteroatoms. The molecule has 0 aliphatic carbocycles. The zero-order valence-electron chi connectivity index (χ0n) is 19.6. The van der Waals surface area contributed by atoms with E-state index in [2.05, 4.69) is 5.32 Å². The Hall–Kier alpha value is -4.05. The highest BCUT2D eigenvalue weighted by atomic mass is 32.1. The molecule has 182 valence electrons. The number of ether oxygens (including phenoxy) is 3. The second-order valence-corrected chi connectivity index (χ2v) is 8.51. The SMILES string of the molecule is CCOc1cccc(Cn2c(=O)c3sccc3n(CC(=O)Nc3cc(OC)ccc3OC)c2=O)c1. The van der Waals surface area contributed by atoms with Gasteiger partial charge in [-0.25, -0.2) is 4.79 Å². The molecular formula is C25H25N3O6S. The van der Waals surface area contributed by atoms with Crippen molar-refractivity contribution in [3.05, 3.63) is 80.3 Å². The van der Waals surface area contributed by atoms with E-state index in [0.29, 0.717) is 39.8 Å². The summed E-state index contributed by atoms with van der Waals surface area (Å²) in [5.41, 5.74) is 0.594. The van der Waals surface area contributed by atoms with Crippen molar-refractivity contribution >= 4 is 33.1 Å². The molecule has 0 saturated carbocycles. The highest BCUT2D eigenvalue weighted by Crippen LogP contribution is 2.29. The average molecular weight is 496 g/mol. The summed E-state index contributed by atoms with van der Waals surface area (Å²) in [6.07, 6.45) is 0. The normalized spacial score (nSPS) is 10.8. The molecule has 0 fully saturated rings. The van der Waals surface area contributed by atoms with Crippen LogP contribution >= 0.6 is 11.3 Å². The van der Waals surface area contributed by atoms with Gasteiger partial charge in [-0.1, -0.05) is 12.1 Å². The highest BCUT2D eigenvalue weighted by molar-refractivity contribution is 7.17. The Balaban J connectivity index is 1.69. The van der Waals surface area contributed by atoms with Gasteiger partial charge in [-0.2, -0.15) is 0 Å². The predicted octanol–water partition coefficient (Wildman–Crippen LogP) is 3.33. The Kier molecular flexibility index (Phi) is 7.21. The van der Waals surface area contributed by atoms with Gasteiger partial charge in [0, 0.05) is 6.07 Å². The number of nitrogens with zero attached hydrogens (tertiary/aromatic N) is 2. The van der Waals surface area contributed by atoms with Gasteiger partial charge in [0.2, 0.25) is 5.91 Å². The molecule has 4 rings (SSSR count). The molecule has 0 aliphatic rings. The lowest BCUT2D eigenvalue weighted by Gasteiger charge is -2.14. The first-order valence-electron chi connectivity index (χ1n) is 10.9. The number of carbonyl (C=O) groups excluding carboxylic acids is 1. The molecule has 2 heterocycles. The fourth-order valence-corrected chi connectivity index (χ4v) is 4.60. The first-order valence-corrected chi connectivity index (χ1v) is 11.8. The number of amides is 1. The van der Waals surface area contributed by atoms with Gasteiger partial charge in [0.1, 0.15) is 28.5 Å². The summed E-state index contributed by atoms with van der Waals surface area (Å²) in [5, 5.41) is 4.50. The van der Waals surface area contributed by atoms with Gasteiger partial charge in [-0.3, -0.25) is 18.7 Å². The van der Waals surface area contributed by atoms with Gasteiger partial charge in [-0.15, -0.1) is 11.3 Å². The van der Waals surface area contributed by atoms with Crippen LogP contribution in [0.2, 0.25) is 0 Å². The molecule has 1 N–H and O–H groups in total. The van der Waals surface area contributed by atoms with Crippen molar-refractivity contribution in [2.24, 2.45) is 0 Å². The number of thiophene rings is 1. The third kappa shape index (κ3) is 5.07. The number of fused-ring (bicyclic) bond motifs is 1. The van der Waals surface area contributed by atoms with Gasteiger partial charge >= 0.3 is 5.69 Å². The summed E-state index contributed by atoms with van der Waals surface area (Å²) >= 11 is 1.23. The number of nitrogens with one attached hydrogen (secondary N) is 1. The van der Waals surface area contributed by atoms with E-state index in [0.717, 1.165) is 10.1 Å². The summed E-state index contributed by atoms with van der Waals surface area (Å²) in [5.74, 6) is 1.20. The van der Waals surface area contributed by atoms with Crippen LogP contribution in [-0.4, -0.2) is 35.9 Å². The van der Waals surface area contributed by atoms with Gasteiger partial charge in [0.25, 0.3) is 5.56 Å². The molecule has 0 spiro atoms. The lowest BCUT2D eigenvalue weighted by Crippen LogP contribution is -2.41. The van der Waals surface area contributed by atoms with Gasteiger partial charge in [0.05, 0.1) is 38.6 Å². The fraction of sp³-hybridized carbons (Fsp3) is 0.240. The van der Waals surface area contributed by atoms with Gasteiger partial charge in [-0.05, 0) is 48.2 Å². The minimum Gasteiger partial charge on any atom is -0.497 e. The summed E-state index contributed by atoms with van der Waals surface area (Å²) in [6.45, 7) is 2.15. The molecule has 9 nitrogen and oxygen atoms in total. The predicted molar refractivity (Wildman–Crippen MR) is 135 cm³/mol. The molecule has 35 heavy (non-hydrogen) atoms. The number of anilines is 1. The van der Waals surface area contributed by atoms with Crippen LogP contribution < -0.4 is 30.8 Å². The van der Waals surface area contributed by atoms with Crippen molar-refractivity contribution < 1.29 is 19.0 Å². The van der Waals surface area contributed by atoms with Crippen LogP contribution in [0.15, 0.2) is 63.5 Å². The minimum absolute atomic E-state index is 0.0533. The van der Waals surface area contributed by atoms with E-state index >= 15 is 0 Å². The highest BCUT2D eigenvalue weighted by Gasteiger charge is 2.18. The van der Waals surface area contributed by atoms with Crippen LogP contribution in [0.25, 0.3) is 10.2 Å². The van der Waals surface area contributed by atoms with Crippen LogP contribution in [0.3, 0.4) is 0 Å². The molecule has 4 aromatic rings. The van der Waals surface area contributed by atoms with Crippen LogP contribution in [0.4, 0.5) is 5.69 Å². The Morgan fingerprint density at radius 1 is 1.00 bits per heavy atom. The number of aromatic nitrogens is 2. The third-order valence-corrected chi connectivity index (χ3v) is 6.26. The molecule has 0 unspecified atom stereocenters. The molecule has 0 aliphatic heterocycles. The van der Waals surface area contributed by atoms with Crippen molar-refractivity contribution in [2.75, 3.05) is 26.1 Å². The van der Waals surface area contributed by atoms with Crippen LogP contribution in [0.5, 0.6) is 17.2 Å². The maximum Gasteiger partial charge on any atom is 0.332 e. The van der Waals surface area contributed by atoms with E-state index in [1.165, 1.54) is 30.1 Å². The van der Waals surface area contributed by atoms with Crippen LogP contribution in [-0.2, 0) is 17.9 Å². The van der Waals surface area contributed by atoms with E-state index in [4.69, 9.17) is 14.2 Å². The Morgan fingerprint density at radius 2 is 1.83 bits per heavy atom. The number of hydrogen-bond acceptors (Lipinski definition) is 7. The topological polar surface area (TPSA) is 101 Å². The van der Waals surface area contributed by atoms with Gasteiger partial charge in [0.15, 0.2) is 0 Å². The quantitative estimate of drug-likeness (QED) is 0.382. The first-order chi connectivity index (χ1) is 16.9. The minimum atomic E-state index is -0.574. The smallest absolute Gasteiger partial charge is 0.332 e. The Labute approximate surface area is 205 Å². The molecule has 0 atom stereocenters. The molecule has 0 bridgehead atoms. The van der Waals surface area contributed by atoms with Crippen LogP contribution in [0, 0.1) is 0 Å². The lowest BCUT2D eigenvalue weighted by molar-refractivity contribution is -0.116. The first kappa shape index (κ1) is 24.1. The molecule has 0 saturated heterocycles. The van der Waals surface area contributed by atoms with E-state index in [1.807, 2.05) is 25.1 Å². The summed E-state index contributed by atoms with van der Waals surface area (Å²) in [6, 6.07) is 13.9. The van der Waals surface area contributed by atoms with Crippen molar-refractivity contribution in [2.45, 2.75) is 20.0 Å². The lowest BCUT2D eigenvalue weighted by atomic mass is 10.2. The number of rotatable bonds is 9. The second-order valence-electron chi connectivity index (χ2n) is 7.59.